The monoisotopic (exact) mass is 664 g/mol. The Labute approximate surface area is 240 Å². The highest BCUT2D eigenvalue weighted by Crippen LogP contribution is 2.38. The van der Waals surface area contributed by atoms with Crippen molar-refractivity contribution >= 4 is 55.2 Å². The van der Waals surface area contributed by atoms with E-state index in [0.29, 0.717) is 42.3 Å². The number of hydrogen-bond acceptors (Lipinski definition) is 8. The van der Waals surface area contributed by atoms with Gasteiger partial charge >= 0.3 is 5.97 Å². The molecule has 0 unspecified atom stereocenters. The molecule has 0 N–H and O–H groups in total. The predicted octanol–water partition coefficient (Wildman–Crippen LogP) is 4.74. The lowest BCUT2D eigenvalue weighted by Crippen LogP contribution is -2.40. The number of methoxy groups -OCH3 is 3. The molecule has 1 aromatic heterocycles. The van der Waals surface area contributed by atoms with Crippen LogP contribution in [0.3, 0.4) is 0 Å². The van der Waals surface area contributed by atoms with Gasteiger partial charge in [-0.25, -0.2) is 9.79 Å². The minimum absolute atomic E-state index is 0.280. The van der Waals surface area contributed by atoms with Crippen molar-refractivity contribution in [2.45, 2.75) is 32.9 Å². The highest BCUT2D eigenvalue weighted by atomic mass is 79.9. The molecule has 0 saturated heterocycles. The molecule has 0 amide bonds. The zero-order valence-corrected chi connectivity index (χ0v) is 25.6. The summed E-state index contributed by atoms with van der Waals surface area (Å²) in [5.74, 6) is 1.07. The van der Waals surface area contributed by atoms with Crippen LogP contribution in [0.2, 0.25) is 0 Å². The largest absolute Gasteiger partial charge is 0.496 e. The summed E-state index contributed by atoms with van der Waals surface area (Å²) in [5, 5.41) is 0. The Morgan fingerprint density at radius 3 is 2.42 bits per heavy atom. The number of aromatic nitrogens is 1. The van der Waals surface area contributed by atoms with Crippen LogP contribution >= 0.6 is 43.2 Å². The second-order valence-electron chi connectivity index (χ2n) is 8.66. The zero-order valence-electron chi connectivity index (χ0n) is 21.6. The van der Waals surface area contributed by atoms with Crippen LogP contribution in [0.25, 0.3) is 6.08 Å². The Morgan fingerprint density at radius 1 is 1.08 bits per heavy atom. The number of benzene rings is 2. The third-order valence-corrected chi connectivity index (χ3v) is 7.89. The molecular formula is C27H26Br2N2O6S. The number of hydrogen-bond donors (Lipinski definition) is 0. The number of thiazole rings is 1. The van der Waals surface area contributed by atoms with Crippen molar-refractivity contribution in [2.24, 2.45) is 4.99 Å². The summed E-state index contributed by atoms with van der Waals surface area (Å²) in [6.07, 6.45) is 1.41. The van der Waals surface area contributed by atoms with Gasteiger partial charge in [0.1, 0.15) is 11.8 Å². The van der Waals surface area contributed by atoms with Gasteiger partial charge in [0.15, 0.2) is 16.3 Å². The average molecular weight is 666 g/mol. The Balaban J connectivity index is 1.99. The van der Waals surface area contributed by atoms with E-state index in [1.807, 2.05) is 18.2 Å². The van der Waals surface area contributed by atoms with E-state index in [1.165, 1.54) is 15.9 Å². The number of rotatable bonds is 7. The van der Waals surface area contributed by atoms with E-state index in [-0.39, 0.29) is 17.2 Å². The number of carbonyl (C=O) groups is 1. The van der Waals surface area contributed by atoms with Gasteiger partial charge in [-0.1, -0.05) is 27.3 Å². The second kappa shape index (κ2) is 11.5. The summed E-state index contributed by atoms with van der Waals surface area (Å²) >= 11 is 8.25. The van der Waals surface area contributed by atoms with Gasteiger partial charge in [0.2, 0.25) is 0 Å². The number of allylic oxidation sites excluding steroid dienone is 1. The molecule has 2 heterocycles. The van der Waals surface area contributed by atoms with Gasteiger partial charge in [0.05, 0.1) is 47.7 Å². The number of carbonyl (C=O) groups excluding carboxylic acids is 1. The van der Waals surface area contributed by atoms with Crippen LogP contribution in [0.5, 0.6) is 17.2 Å². The summed E-state index contributed by atoms with van der Waals surface area (Å²) < 4.78 is 25.5. The normalized spacial score (nSPS) is 15.3. The van der Waals surface area contributed by atoms with Gasteiger partial charge in [-0.15, -0.1) is 0 Å². The molecule has 0 saturated carbocycles. The smallest absolute Gasteiger partial charge is 0.338 e. The third-order valence-electron chi connectivity index (χ3n) is 5.82. The van der Waals surface area contributed by atoms with Crippen LogP contribution in [-0.4, -0.2) is 38.0 Å². The molecule has 1 aliphatic rings. The van der Waals surface area contributed by atoms with Gasteiger partial charge in [-0.3, -0.25) is 9.36 Å². The molecule has 4 rings (SSSR count). The highest BCUT2D eigenvalue weighted by molar-refractivity contribution is 9.10. The average Bonchev–Trinajstić information content (AvgIpc) is 3.16. The molecule has 0 bridgehead atoms. The molecule has 0 fully saturated rings. The van der Waals surface area contributed by atoms with E-state index >= 15 is 0 Å². The first-order valence-electron chi connectivity index (χ1n) is 11.6. The fourth-order valence-electron chi connectivity index (χ4n) is 4.25. The van der Waals surface area contributed by atoms with Crippen molar-refractivity contribution in [3.05, 3.63) is 81.4 Å². The maximum Gasteiger partial charge on any atom is 0.338 e. The van der Waals surface area contributed by atoms with Crippen LogP contribution in [-0.2, 0) is 9.53 Å². The third kappa shape index (κ3) is 5.32. The Bertz CT molecular complexity index is 1620. The quantitative estimate of drug-likeness (QED) is 0.339. The first-order valence-corrected chi connectivity index (χ1v) is 14.0. The molecule has 2 aromatic carbocycles. The summed E-state index contributed by atoms with van der Waals surface area (Å²) in [6.45, 7) is 5.30. The standard InChI is InChI=1S/C27H26Br2N2O6S/c1-13(2)37-26(33)22-14(3)30-27-31(23(22)17-12-16(28)7-8-19(17)34-4)25(32)21(38-27)11-15-9-18(29)24(36-6)20(10-15)35-5/h7-13,23H,1-6H3/b21-11-/t23-/m0/s1. The van der Waals surface area contributed by atoms with Gasteiger partial charge in [-0.05, 0) is 78.7 Å². The van der Waals surface area contributed by atoms with E-state index in [9.17, 15) is 9.59 Å². The summed E-state index contributed by atoms with van der Waals surface area (Å²) in [4.78, 5) is 32.4. The van der Waals surface area contributed by atoms with E-state index in [1.54, 1.807) is 60.3 Å². The predicted molar refractivity (Wildman–Crippen MR) is 153 cm³/mol. The Hall–Kier alpha value is -2.89. The molecule has 3 aromatic rings. The van der Waals surface area contributed by atoms with Gasteiger partial charge in [0.25, 0.3) is 5.56 Å². The lowest BCUT2D eigenvalue weighted by Gasteiger charge is -2.26. The fourth-order valence-corrected chi connectivity index (χ4v) is 6.29. The number of ether oxygens (including phenoxy) is 4. The van der Waals surface area contributed by atoms with Crippen LogP contribution in [0.1, 0.15) is 37.9 Å². The minimum atomic E-state index is -0.802. The molecule has 1 atom stereocenters. The van der Waals surface area contributed by atoms with Gasteiger partial charge in [-0.2, -0.15) is 0 Å². The first-order chi connectivity index (χ1) is 18.1. The van der Waals surface area contributed by atoms with Gasteiger partial charge in [0, 0.05) is 10.0 Å². The topological polar surface area (TPSA) is 88.4 Å². The van der Waals surface area contributed by atoms with Gasteiger partial charge < -0.3 is 18.9 Å². The molecule has 38 heavy (non-hydrogen) atoms. The number of halogens is 2. The van der Waals surface area contributed by atoms with Crippen molar-refractivity contribution < 1.29 is 23.7 Å². The Kier molecular flexibility index (Phi) is 8.49. The molecule has 11 heteroatoms. The van der Waals surface area contributed by atoms with Crippen molar-refractivity contribution in [1.29, 1.82) is 0 Å². The van der Waals surface area contributed by atoms with Crippen molar-refractivity contribution in [3.63, 3.8) is 0 Å². The summed E-state index contributed by atoms with van der Waals surface area (Å²) in [7, 11) is 4.66. The van der Waals surface area contributed by atoms with E-state index in [2.05, 4.69) is 36.9 Å². The molecule has 0 aliphatic carbocycles. The molecule has 1 aliphatic heterocycles. The van der Waals surface area contributed by atoms with E-state index in [4.69, 9.17) is 18.9 Å². The zero-order chi connectivity index (χ0) is 27.7. The molecular weight excluding hydrogens is 640 g/mol. The summed E-state index contributed by atoms with van der Waals surface area (Å²) in [5.41, 5.74) is 1.82. The molecule has 200 valence electrons. The van der Waals surface area contributed by atoms with E-state index < -0.39 is 12.0 Å². The fraction of sp³-hybridized carbons (Fsp3) is 0.296. The highest BCUT2D eigenvalue weighted by Gasteiger charge is 2.35. The van der Waals surface area contributed by atoms with Crippen molar-refractivity contribution in [2.75, 3.05) is 21.3 Å². The maximum absolute atomic E-state index is 13.9. The number of esters is 1. The Morgan fingerprint density at radius 2 is 1.79 bits per heavy atom. The van der Waals surface area contributed by atoms with Crippen LogP contribution in [0.4, 0.5) is 0 Å². The van der Waals surface area contributed by atoms with Crippen LogP contribution in [0.15, 0.2) is 60.3 Å². The number of nitrogens with zero attached hydrogens (tertiary/aromatic N) is 2. The van der Waals surface area contributed by atoms with Crippen LogP contribution < -0.4 is 29.1 Å². The molecule has 0 spiro atoms. The summed E-state index contributed by atoms with van der Waals surface area (Å²) in [6, 6.07) is 8.29. The second-order valence-corrected chi connectivity index (χ2v) is 11.4. The lowest BCUT2D eigenvalue weighted by atomic mass is 9.95. The van der Waals surface area contributed by atoms with Crippen LogP contribution in [0, 0.1) is 0 Å². The van der Waals surface area contributed by atoms with E-state index in [0.717, 1.165) is 10.0 Å². The molecule has 0 radical (unpaired) electrons. The maximum atomic E-state index is 13.9. The van der Waals surface area contributed by atoms with Crippen molar-refractivity contribution in [1.82, 2.24) is 4.57 Å². The SMILES string of the molecule is COc1ccc(Br)cc1[C@H]1C(C(=O)OC(C)C)=C(C)N=c2s/c(=C\c3cc(Br)c(OC)c(OC)c3)c(=O)n21. The number of fused-ring (bicyclic) bond motifs is 1. The molecule has 8 nitrogen and oxygen atoms in total. The minimum Gasteiger partial charge on any atom is -0.496 e. The lowest BCUT2D eigenvalue weighted by molar-refractivity contribution is -0.143. The first kappa shape index (κ1) is 28.1. The van der Waals surface area contributed by atoms with Crippen molar-refractivity contribution in [3.8, 4) is 17.2 Å².